The Morgan fingerprint density at radius 2 is 1.97 bits per heavy atom. The van der Waals surface area contributed by atoms with Crippen molar-refractivity contribution >= 4 is 11.7 Å². The fraction of sp³-hybridized carbons (Fsp3) is 0.481. The van der Waals surface area contributed by atoms with Gasteiger partial charge in [-0.15, -0.1) is 0 Å². The molecule has 3 aliphatic rings. The summed E-state index contributed by atoms with van der Waals surface area (Å²) in [6, 6.07) is 7.98. The molecular weight excluding hydrogens is 430 g/mol. The topological polar surface area (TPSA) is 55.6 Å². The molecule has 3 aliphatic heterocycles. The summed E-state index contributed by atoms with van der Waals surface area (Å²) < 4.78 is 16.8. The van der Waals surface area contributed by atoms with Gasteiger partial charge in [0.2, 0.25) is 5.69 Å². The van der Waals surface area contributed by atoms with E-state index in [1.54, 1.807) is 7.11 Å². The van der Waals surface area contributed by atoms with Gasteiger partial charge in [-0.3, -0.25) is 4.90 Å². The van der Waals surface area contributed by atoms with Gasteiger partial charge < -0.3 is 19.1 Å². The molecule has 34 heavy (non-hydrogen) atoms. The second-order valence-corrected chi connectivity index (χ2v) is 9.29. The van der Waals surface area contributed by atoms with Crippen molar-refractivity contribution in [2.24, 2.45) is 0 Å². The minimum Gasteiger partial charge on any atom is -0.508 e. The van der Waals surface area contributed by atoms with Gasteiger partial charge in [-0.05, 0) is 54.7 Å². The Balaban J connectivity index is 1.16. The summed E-state index contributed by atoms with van der Waals surface area (Å²) in [5, 5.41) is 0. The first-order chi connectivity index (χ1) is 16.6. The first-order valence-electron chi connectivity index (χ1n) is 12.0. The van der Waals surface area contributed by atoms with Gasteiger partial charge in [0, 0.05) is 44.8 Å². The number of benzene rings is 2. The average molecular weight is 462 g/mol. The molecule has 1 saturated heterocycles. The highest BCUT2D eigenvalue weighted by Crippen LogP contribution is 2.37. The summed E-state index contributed by atoms with van der Waals surface area (Å²) in [5.41, 5.74) is 7.23. The van der Waals surface area contributed by atoms with E-state index in [4.69, 9.17) is 20.8 Å². The van der Waals surface area contributed by atoms with E-state index in [0.717, 1.165) is 68.8 Å². The van der Waals surface area contributed by atoms with Gasteiger partial charge >= 0.3 is 5.97 Å². The Hall–Kier alpha value is -2.92. The first kappa shape index (κ1) is 22.9. The minimum atomic E-state index is -0.199. The Kier molecular flexibility index (Phi) is 6.55. The Labute approximate surface area is 201 Å². The van der Waals surface area contributed by atoms with Gasteiger partial charge in [0.1, 0.15) is 12.4 Å². The Morgan fingerprint density at radius 3 is 2.74 bits per heavy atom. The summed E-state index contributed by atoms with van der Waals surface area (Å²) in [6.07, 6.45) is 1.84. The van der Waals surface area contributed by atoms with Crippen molar-refractivity contribution in [3.05, 3.63) is 69.1 Å². The number of carbonyl (C=O) groups excluding carboxylic acids is 1. The molecule has 2 aromatic carbocycles. The summed E-state index contributed by atoms with van der Waals surface area (Å²) in [6.45, 7) is 16.6. The first-order valence-corrected chi connectivity index (χ1v) is 12.0. The molecule has 1 unspecified atom stereocenters. The van der Waals surface area contributed by atoms with Crippen LogP contribution in [0.2, 0.25) is 0 Å². The van der Waals surface area contributed by atoms with Crippen molar-refractivity contribution < 1.29 is 19.0 Å². The zero-order valence-electron chi connectivity index (χ0n) is 19.9. The number of carbonyl (C=O) groups is 1. The van der Waals surface area contributed by atoms with Crippen molar-refractivity contribution in [1.82, 2.24) is 9.80 Å². The van der Waals surface area contributed by atoms with Crippen molar-refractivity contribution in [3.8, 4) is 5.75 Å². The van der Waals surface area contributed by atoms with Crippen LogP contribution in [0.5, 0.6) is 5.75 Å². The number of cyclic esters (lactones) is 1. The third-order valence-corrected chi connectivity index (χ3v) is 7.46. The molecule has 0 bridgehead atoms. The number of piperazine rings is 1. The van der Waals surface area contributed by atoms with Gasteiger partial charge in [0.05, 0.1) is 32.0 Å². The van der Waals surface area contributed by atoms with E-state index < -0.39 is 0 Å². The fourth-order valence-corrected chi connectivity index (χ4v) is 5.32. The second-order valence-electron chi connectivity index (χ2n) is 9.29. The van der Waals surface area contributed by atoms with E-state index in [0.29, 0.717) is 24.7 Å². The largest absolute Gasteiger partial charge is 0.508 e. The minimum absolute atomic E-state index is 0.0166. The van der Waals surface area contributed by atoms with E-state index >= 15 is 0 Å². The number of nitrogens with zero attached hydrogens (tertiary/aromatic N) is 3. The van der Waals surface area contributed by atoms with E-state index in [2.05, 4.69) is 27.6 Å². The molecule has 1 atom stereocenters. The van der Waals surface area contributed by atoms with E-state index in [-0.39, 0.29) is 12.1 Å². The van der Waals surface area contributed by atoms with Crippen LogP contribution in [0.3, 0.4) is 0 Å². The highest BCUT2D eigenvalue weighted by molar-refractivity contribution is 5.93. The van der Waals surface area contributed by atoms with Crippen molar-refractivity contribution in [1.29, 1.82) is 0 Å². The quantitative estimate of drug-likeness (QED) is 0.483. The third-order valence-electron chi connectivity index (χ3n) is 7.46. The summed E-state index contributed by atoms with van der Waals surface area (Å²) in [4.78, 5) is 20.4. The van der Waals surface area contributed by atoms with Gasteiger partial charge in [-0.2, -0.15) is 0 Å². The molecule has 0 spiro atoms. The molecule has 5 rings (SSSR count). The second kappa shape index (κ2) is 9.75. The van der Waals surface area contributed by atoms with Crippen molar-refractivity contribution in [3.63, 3.8) is 0 Å². The summed E-state index contributed by atoms with van der Waals surface area (Å²) in [7, 11) is 1.62. The lowest BCUT2D eigenvalue weighted by Gasteiger charge is -2.38. The normalized spacial score (nSPS) is 20.4. The number of fused-ring (bicyclic) bond motifs is 2. The van der Waals surface area contributed by atoms with Crippen LogP contribution in [-0.4, -0.2) is 68.8 Å². The highest BCUT2D eigenvalue weighted by atomic mass is 16.5. The molecule has 3 heterocycles. The fourth-order valence-electron chi connectivity index (χ4n) is 5.32. The Bertz CT molecular complexity index is 1130. The lowest BCUT2D eigenvalue weighted by molar-refractivity contribution is 0.00459. The number of rotatable bonds is 6. The number of esters is 1. The van der Waals surface area contributed by atoms with Gasteiger partial charge in [-0.25, -0.2) is 9.64 Å². The zero-order valence-corrected chi connectivity index (χ0v) is 19.9. The Morgan fingerprint density at radius 1 is 1.18 bits per heavy atom. The van der Waals surface area contributed by atoms with Gasteiger partial charge in [0.15, 0.2) is 0 Å². The molecular formula is C27H31N3O4. The average Bonchev–Trinajstić information content (AvgIpc) is 3.25. The standard InChI is InChI=1S/C27H31N3O4/c1-18-19(4-5-21-23(18)17-34-27(21)31)6-8-29-9-11-30(12-10-29)16-26-22-15-25(32-3)24(28-2)14-20(22)7-13-33-26/h4-5,14-15,26H,6-13,16-17H2,1,3H3. The predicted octanol–water partition coefficient (Wildman–Crippen LogP) is 3.70. The van der Waals surface area contributed by atoms with Crippen LogP contribution < -0.4 is 4.74 Å². The SMILES string of the molecule is [C-]#[N+]c1cc2c(cc1OC)C(CN1CCN(CCc3ccc4c(c3C)COC4=O)CC1)OCC2. The molecule has 0 amide bonds. The van der Waals surface area contributed by atoms with Gasteiger partial charge in [0.25, 0.3) is 0 Å². The van der Waals surface area contributed by atoms with Crippen LogP contribution in [0.4, 0.5) is 5.69 Å². The van der Waals surface area contributed by atoms with Crippen molar-refractivity contribution in [2.45, 2.75) is 32.5 Å². The molecule has 0 N–H and O–H groups in total. The predicted molar refractivity (Wildman–Crippen MR) is 129 cm³/mol. The molecule has 178 valence electrons. The molecule has 0 aromatic heterocycles. The summed E-state index contributed by atoms with van der Waals surface area (Å²) >= 11 is 0. The third kappa shape index (κ3) is 4.41. The maximum Gasteiger partial charge on any atom is 0.338 e. The monoisotopic (exact) mass is 461 g/mol. The molecule has 2 aromatic rings. The van der Waals surface area contributed by atoms with Crippen LogP contribution in [-0.2, 0) is 28.9 Å². The molecule has 0 radical (unpaired) electrons. The highest BCUT2D eigenvalue weighted by Gasteiger charge is 2.28. The van der Waals surface area contributed by atoms with Crippen LogP contribution in [0.25, 0.3) is 4.85 Å². The van der Waals surface area contributed by atoms with Gasteiger partial charge in [-0.1, -0.05) is 11.6 Å². The number of hydrogen-bond donors (Lipinski definition) is 0. The maximum atomic E-state index is 11.8. The van der Waals surface area contributed by atoms with Crippen LogP contribution >= 0.6 is 0 Å². The van der Waals surface area contributed by atoms with E-state index in [9.17, 15) is 4.79 Å². The van der Waals surface area contributed by atoms with Crippen molar-refractivity contribution in [2.75, 3.05) is 53.0 Å². The van der Waals surface area contributed by atoms with E-state index in [1.165, 1.54) is 16.7 Å². The van der Waals surface area contributed by atoms with Crippen LogP contribution in [0, 0.1) is 13.5 Å². The molecule has 0 aliphatic carbocycles. The van der Waals surface area contributed by atoms with E-state index in [1.807, 2.05) is 18.2 Å². The maximum absolute atomic E-state index is 11.8. The molecule has 7 nitrogen and oxygen atoms in total. The lowest BCUT2D eigenvalue weighted by atomic mass is 9.95. The summed E-state index contributed by atoms with van der Waals surface area (Å²) in [5.74, 6) is 0.433. The molecule has 1 fully saturated rings. The number of hydrogen-bond acceptors (Lipinski definition) is 6. The van der Waals surface area contributed by atoms with Crippen LogP contribution in [0.15, 0.2) is 24.3 Å². The smallest absolute Gasteiger partial charge is 0.338 e. The zero-order chi connectivity index (χ0) is 23.7. The number of ether oxygens (including phenoxy) is 3. The molecule has 0 saturated carbocycles. The molecule has 7 heteroatoms. The number of methoxy groups -OCH3 is 1. The lowest BCUT2D eigenvalue weighted by Crippen LogP contribution is -2.48. The van der Waals surface area contributed by atoms with Crippen LogP contribution in [0.1, 0.15) is 44.3 Å².